The van der Waals surface area contributed by atoms with Gasteiger partial charge in [-0.2, -0.15) is 0 Å². The molecule has 2 unspecified atom stereocenters. The fraction of sp³-hybridized carbons (Fsp3) is 1.00. The lowest BCUT2D eigenvalue weighted by Crippen LogP contribution is -2.50. The fourth-order valence-corrected chi connectivity index (χ4v) is 3.41. The number of nitrogens with zero attached hydrogens (tertiary/aromatic N) is 2. The van der Waals surface area contributed by atoms with Gasteiger partial charge in [0.05, 0.1) is 0 Å². The molecule has 0 aliphatic carbocycles. The SMILES string of the molecule is CN1CCCCC1CN1CCCNC(C(C)(C)C)C1. The third-order valence-corrected chi connectivity index (χ3v) is 4.92. The average molecular weight is 267 g/mol. The van der Waals surface area contributed by atoms with E-state index in [1.807, 2.05) is 0 Å². The van der Waals surface area contributed by atoms with Gasteiger partial charge in [0.15, 0.2) is 0 Å². The highest BCUT2D eigenvalue weighted by Crippen LogP contribution is 2.23. The van der Waals surface area contributed by atoms with Gasteiger partial charge in [0.2, 0.25) is 0 Å². The monoisotopic (exact) mass is 267 g/mol. The molecule has 3 nitrogen and oxygen atoms in total. The number of likely N-dealkylation sites (tertiary alicyclic amines) is 1. The first-order valence-electron chi connectivity index (χ1n) is 8.13. The topological polar surface area (TPSA) is 18.5 Å². The maximum Gasteiger partial charge on any atom is 0.0243 e. The maximum atomic E-state index is 3.74. The number of nitrogens with one attached hydrogen (secondary N) is 1. The van der Waals surface area contributed by atoms with Crippen LogP contribution in [0.4, 0.5) is 0 Å². The summed E-state index contributed by atoms with van der Waals surface area (Å²) in [5, 5.41) is 3.74. The molecule has 112 valence electrons. The van der Waals surface area contributed by atoms with Crippen LogP contribution in [0, 0.1) is 5.41 Å². The molecule has 2 saturated heterocycles. The van der Waals surface area contributed by atoms with Crippen molar-refractivity contribution in [2.75, 3.05) is 39.8 Å². The summed E-state index contributed by atoms with van der Waals surface area (Å²) in [4.78, 5) is 5.29. The van der Waals surface area contributed by atoms with Crippen LogP contribution in [0.25, 0.3) is 0 Å². The van der Waals surface area contributed by atoms with Gasteiger partial charge in [-0.25, -0.2) is 0 Å². The van der Waals surface area contributed by atoms with Crippen LogP contribution in [0.15, 0.2) is 0 Å². The van der Waals surface area contributed by atoms with E-state index in [0.29, 0.717) is 11.5 Å². The Bertz CT molecular complexity index is 272. The minimum absolute atomic E-state index is 0.362. The number of rotatable bonds is 2. The summed E-state index contributed by atoms with van der Waals surface area (Å²) in [7, 11) is 2.31. The standard InChI is InChI=1S/C16H33N3/c1-16(2,3)15-13-19(11-7-9-17-15)12-14-8-5-6-10-18(14)4/h14-15,17H,5-13H2,1-4H3. The normalized spacial score (nSPS) is 32.2. The molecule has 2 fully saturated rings. The highest BCUT2D eigenvalue weighted by molar-refractivity contribution is 4.88. The summed E-state index contributed by atoms with van der Waals surface area (Å²) in [6.45, 7) is 13.3. The lowest BCUT2D eigenvalue weighted by molar-refractivity contribution is 0.116. The van der Waals surface area contributed by atoms with Crippen molar-refractivity contribution >= 4 is 0 Å². The molecule has 0 saturated carbocycles. The van der Waals surface area contributed by atoms with Crippen molar-refractivity contribution in [3.8, 4) is 0 Å². The number of likely N-dealkylation sites (N-methyl/N-ethyl adjacent to an activating group) is 1. The van der Waals surface area contributed by atoms with Gasteiger partial charge < -0.3 is 15.1 Å². The molecular formula is C16H33N3. The van der Waals surface area contributed by atoms with Crippen LogP contribution in [0.2, 0.25) is 0 Å². The zero-order valence-corrected chi connectivity index (χ0v) is 13.4. The van der Waals surface area contributed by atoms with Crippen LogP contribution in [0.1, 0.15) is 46.5 Å². The molecule has 2 aliphatic rings. The van der Waals surface area contributed by atoms with Crippen molar-refractivity contribution in [1.82, 2.24) is 15.1 Å². The van der Waals surface area contributed by atoms with E-state index in [0.717, 1.165) is 6.04 Å². The lowest BCUT2D eigenvalue weighted by Gasteiger charge is -2.38. The molecule has 2 atom stereocenters. The van der Waals surface area contributed by atoms with Crippen molar-refractivity contribution in [2.24, 2.45) is 5.41 Å². The molecule has 1 N–H and O–H groups in total. The van der Waals surface area contributed by atoms with E-state index in [4.69, 9.17) is 0 Å². The van der Waals surface area contributed by atoms with Crippen molar-refractivity contribution < 1.29 is 0 Å². The largest absolute Gasteiger partial charge is 0.312 e. The van der Waals surface area contributed by atoms with Crippen molar-refractivity contribution in [3.05, 3.63) is 0 Å². The zero-order valence-electron chi connectivity index (χ0n) is 13.4. The molecule has 0 aromatic heterocycles. The van der Waals surface area contributed by atoms with E-state index in [9.17, 15) is 0 Å². The molecule has 0 radical (unpaired) electrons. The summed E-state index contributed by atoms with van der Waals surface area (Å²) in [5.41, 5.74) is 0.362. The average Bonchev–Trinajstić information content (AvgIpc) is 2.57. The predicted molar refractivity (Wildman–Crippen MR) is 82.6 cm³/mol. The Morgan fingerprint density at radius 2 is 1.89 bits per heavy atom. The Kier molecular flexibility index (Phi) is 5.27. The van der Waals surface area contributed by atoms with Crippen molar-refractivity contribution in [3.63, 3.8) is 0 Å². The first-order valence-corrected chi connectivity index (χ1v) is 8.13. The highest BCUT2D eigenvalue weighted by atomic mass is 15.2. The molecule has 3 heteroatoms. The highest BCUT2D eigenvalue weighted by Gasteiger charge is 2.29. The Labute approximate surface area is 119 Å². The van der Waals surface area contributed by atoms with Crippen LogP contribution in [-0.4, -0.2) is 61.7 Å². The van der Waals surface area contributed by atoms with Gasteiger partial charge in [0, 0.05) is 25.2 Å². The zero-order chi connectivity index (χ0) is 13.9. The quantitative estimate of drug-likeness (QED) is 0.827. The lowest BCUT2D eigenvalue weighted by atomic mass is 9.86. The van der Waals surface area contributed by atoms with Crippen LogP contribution in [0.3, 0.4) is 0 Å². The minimum Gasteiger partial charge on any atom is -0.312 e. The molecule has 0 amide bonds. The molecule has 2 aliphatic heterocycles. The van der Waals surface area contributed by atoms with Gasteiger partial charge in [0.1, 0.15) is 0 Å². The van der Waals surface area contributed by atoms with Crippen molar-refractivity contribution in [2.45, 2.75) is 58.5 Å². The smallest absolute Gasteiger partial charge is 0.0243 e. The van der Waals surface area contributed by atoms with Crippen LogP contribution in [0.5, 0.6) is 0 Å². The molecule has 19 heavy (non-hydrogen) atoms. The van der Waals surface area contributed by atoms with Crippen LogP contribution in [-0.2, 0) is 0 Å². The second-order valence-corrected chi connectivity index (χ2v) is 7.62. The predicted octanol–water partition coefficient (Wildman–Crippen LogP) is 2.18. The minimum atomic E-state index is 0.362. The molecule has 0 aromatic rings. The Morgan fingerprint density at radius 3 is 2.58 bits per heavy atom. The Morgan fingerprint density at radius 1 is 1.11 bits per heavy atom. The molecule has 2 rings (SSSR count). The van der Waals surface area contributed by atoms with E-state index in [-0.39, 0.29) is 0 Å². The maximum absolute atomic E-state index is 3.74. The first kappa shape index (κ1) is 15.3. The van der Waals surface area contributed by atoms with Gasteiger partial charge in [-0.05, 0) is 51.4 Å². The number of hydrogen-bond donors (Lipinski definition) is 1. The number of hydrogen-bond acceptors (Lipinski definition) is 3. The molecular weight excluding hydrogens is 234 g/mol. The second-order valence-electron chi connectivity index (χ2n) is 7.62. The Balaban J connectivity index is 1.91. The third-order valence-electron chi connectivity index (χ3n) is 4.92. The van der Waals surface area contributed by atoms with E-state index in [1.54, 1.807) is 0 Å². The third kappa shape index (κ3) is 4.44. The first-order chi connectivity index (χ1) is 8.97. The Hall–Kier alpha value is -0.120. The summed E-state index contributed by atoms with van der Waals surface area (Å²) in [5.74, 6) is 0. The molecule has 2 heterocycles. The second kappa shape index (κ2) is 6.55. The summed E-state index contributed by atoms with van der Waals surface area (Å²) < 4.78 is 0. The fourth-order valence-electron chi connectivity index (χ4n) is 3.41. The summed E-state index contributed by atoms with van der Waals surface area (Å²) in [6, 6.07) is 1.41. The van der Waals surface area contributed by atoms with Gasteiger partial charge in [-0.3, -0.25) is 0 Å². The van der Waals surface area contributed by atoms with E-state index in [1.165, 1.54) is 58.4 Å². The van der Waals surface area contributed by atoms with E-state index in [2.05, 4.69) is 42.9 Å². The van der Waals surface area contributed by atoms with Crippen LogP contribution < -0.4 is 5.32 Å². The molecule has 0 bridgehead atoms. The number of piperidine rings is 1. The van der Waals surface area contributed by atoms with E-state index >= 15 is 0 Å². The van der Waals surface area contributed by atoms with Gasteiger partial charge >= 0.3 is 0 Å². The molecule has 0 aromatic carbocycles. The summed E-state index contributed by atoms with van der Waals surface area (Å²) in [6.07, 6.45) is 5.49. The van der Waals surface area contributed by atoms with Crippen LogP contribution >= 0.6 is 0 Å². The molecule has 0 spiro atoms. The van der Waals surface area contributed by atoms with E-state index < -0.39 is 0 Å². The summed E-state index contributed by atoms with van der Waals surface area (Å²) >= 11 is 0. The van der Waals surface area contributed by atoms with Crippen molar-refractivity contribution in [1.29, 1.82) is 0 Å². The van der Waals surface area contributed by atoms with Gasteiger partial charge in [0.25, 0.3) is 0 Å². The van der Waals surface area contributed by atoms with Gasteiger partial charge in [-0.15, -0.1) is 0 Å². The van der Waals surface area contributed by atoms with Gasteiger partial charge in [-0.1, -0.05) is 27.2 Å².